The lowest BCUT2D eigenvalue weighted by Crippen LogP contribution is -2.61. The average Bonchev–Trinajstić information content (AvgIpc) is 2.63. The molecule has 0 aromatic carbocycles. The van der Waals surface area contributed by atoms with Gasteiger partial charge in [-0.15, -0.1) is 0 Å². The molecule has 0 rings (SSSR count). The van der Waals surface area contributed by atoms with Crippen LogP contribution in [0.4, 0.5) is 0 Å². The summed E-state index contributed by atoms with van der Waals surface area (Å²) < 4.78 is 10.1. The molecule has 0 bridgehead atoms. The summed E-state index contributed by atoms with van der Waals surface area (Å²) in [5, 5.41) is 7.57. The summed E-state index contributed by atoms with van der Waals surface area (Å²) >= 11 is 0. The largest absolute Gasteiger partial charge is 0.467 e. The Hall–Kier alpha value is -2.91. The minimum absolute atomic E-state index is 0.292. The van der Waals surface area contributed by atoms with Gasteiger partial charge in [0.15, 0.2) is 0 Å². The molecule has 1 atom stereocenters. The van der Waals surface area contributed by atoms with Crippen molar-refractivity contribution in [3.05, 3.63) is 12.2 Å². The smallest absolute Gasteiger partial charge is 0.332 e. The van der Waals surface area contributed by atoms with Crippen LogP contribution >= 0.6 is 0 Å². The Morgan fingerprint density at radius 1 is 0.697 bits per heavy atom. The number of nitrogens with one attached hydrogen (secondary N) is 3. The Kier molecular flexibility index (Phi) is 9.85. The highest BCUT2D eigenvalue weighted by molar-refractivity contribution is 6.01. The standard InChI is InChI=1S/C23H39N3O7/c1-14(2)23(10,19(31)33-20(3,4)5)25-16(28)13-12-15(27)24-21(6,7)17(29)26-22(8,9)18(30)32-11/h12-14H,1-11H3,(H,24,27)(H,25,28)(H,26,29)/b13-12+/t23-/m0/s1. The van der Waals surface area contributed by atoms with Crippen molar-refractivity contribution in [2.24, 2.45) is 5.92 Å². The summed E-state index contributed by atoms with van der Waals surface area (Å²) in [6.45, 7) is 16.1. The molecule has 0 saturated carbocycles. The van der Waals surface area contributed by atoms with Crippen LogP contribution in [-0.4, -0.2) is 59.0 Å². The van der Waals surface area contributed by atoms with Crippen molar-refractivity contribution >= 4 is 29.7 Å². The molecule has 0 fully saturated rings. The molecule has 0 aliphatic heterocycles. The molecule has 0 saturated heterocycles. The Bertz CT molecular complexity index is 807. The predicted octanol–water partition coefficient (Wildman–Crippen LogP) is 1.38. The molecule has 0 unspecified atom stereocenters. The minimum Gasteiger partial charge on any atom is -0.467 e. The van der Waals surface area contributed by atoms with E-state index in [4.69, 9.17) is 4.74 Å². The van der Waals surface area contributed by atoms with Crippen molar-refractivity contribution < 1.29 is 33.4 Å². The zero-order valence-electron chi connectivity index (χ0n) is 21.6. The zero-order valence-corrected chi connectivity index (χ0v) is 21.6. The monoisotopic (exact) mass is 469 g/mol. The first-order valence-corrected chi connectivity index (χ1v) is 10.6. The molecule has 10 nitrogen and oxygen atoms in total. The fourth-order valence-electron chi connectivity index (χ4n) is 2.42. The Balaban J connectivity index is 5.25. The van der Waals surface area contributed by atoms with Crippen LogP contribution < -0.4 is 16.0 Å². The van der Waals surface area contributed by atoms with Gasteiger partial charge in [-0.25, -0.2) is 9.59 Å². The van der Waals surface area contributed by atoms with Crippen LogP contribution in [0.1, 0.15) is 69.2 Å². The summed E-state index contributed by atoms with van der Waals surface area (Å²) in [7, 11) is 1.20. The van der Waals surface area contributed by atoms with E-state index >= 15 is 0 Å². The van der Waals surface area contributed by atoms with Gasteiger partial charge in [0.1, 0.15) is 22.2 Å². The summed E-state index contributed by atoms with van der Waals surface area (Å²) in [5.74, 6) is -3.55. The molecular formula is C23H39N3O7. The van der Waals surface area contributed by atoms with Crippen molar-refractivity contribution in [3.8, 4) is 0 Å². The number of ether oxygens (including phenoxy) is 2. The van der Waals surface area contributed by atoms with Crippen LogP contribution in [0.2, 0.25) is 0 Å². The van der Waals surface area contributed by atoms with Crippen LogP contribution in [0.15, 0.2) is 12.2 Å². The molecule has 0 aromatic heterocycles. The van der Waals surface area contributed by atoms with Crippen molar-refractivity contribution in [2.75, 3.05) is 7.11 Å². The molecule has 3 amide bonds. The fourth-order valence-corrected chi connectivity index (χ4v) is 2.42. The van der Waals surface area contributed by atoms with Gasteiger partial charge in [-0.05, 0) is 61.3 Å². The molecule has 0 aliphatic rings. The van der Waals surface area contributed by atoms with Gasteiger partial charge >= 0.3 is 11.9 Å². The zero-order chi connectivity index (χ0) is 26.4. The molecule has 188 valence electrons. The van der Waals surface area contributed by atoms with Crippen LogP contribution in [0, 0.1) is 5.92 Å². The summed E-state index contributed by atoms with van der Waals surface area (Å²) in [4.78, 5) is 61.7. The highest BCUT2D eigenvalue weighted by Gasteiger charge is 2.41. The number of carbonyl (C=O) groups excluding carboxylic acids is 5. The van der Waals surface area contributed by atoms with E-state index in [9.17, 15) is 24.0 Å². The third kappa shape index (κ3) is 9.23. The summed E-state index contributed by atoms with van der Waals surface area (Å²) in [6.07, 6.45) is 1.92. The number of methoxy groups -OCH3 is 1. The first-order chi connectivity index (χ1) is 14.7. The quantitative estimate of drug-likeness (QED) is 0.342. The van der Waals surface area contributed by atoms with Gasteiger partial charge in [-0.1, -0.05) is 13.8 Å². The van der Waals surface area contributed by atoms with Crippen molar-refractivity contribution in [1.29, 1.82) is 0 Å². The van der Waals surface area contributed by atoms with Gasteiger partial charge in [0.25, 0.3) is 0 Å². The van der Waals surface area contributed by atoms with Gasteiger partial charge in [0.2, 0.25) is 17.7 Å². The average molecular weight is 470 g/mol. The second-order valence-electron chi connectivity index (χ2n) is 10.4. The maximum absolute atomic E-state index is 12.6. The topological polar surface area (TPSA) is 140 Å². The molecule has 0 radical (unpaired) electrons. The van der Waals surface area contributed by atoms with E-state index in [-0.39, 0.29) is 5.92 Å². The summed E-state index contributed by atoms with van der Waals surface area (Å²) in [6, 6.07) is 0. The first kappa shape index (κ1) is 30.1. The molecule has 0 spiro atoms. The van der Waals surface area contributed by atoms with Gasteiger partial charge in [-0.3, -0.25) is 14.4 Å². The number of rotatable bonds is 9. The minimum atomic E-state index is -1.40. The summed E-state index contributed by atoms with van der Waals surface area (Å²) in [5.41, 5.74) is -4.75. The van der Waals surface area contributed by atoms with Gasteiger partial charge < -0.3 is 25.4 Å². The van der Waals surface area contributed by atoms with E-state index < -0.39 is 51.9 Å². The van der Waals surface area contributed by atoms with Crippen molar-refractivity contribution in [1.82, 2.24) is 16.0 Å². The predicted molar refractivity (Wildman–Crippen MR) is 123 cm³/mol. The van der Waals surface area contributed by atoms with Crippen molar-refractivity contribution in [3.63, 3.8) is 0 Å². The number of hydrogen-bond acceptors (Lipinski definition) is 7. The van der Waals surface area contributed by atoms with E-state index in [0.29, 0.717) is 0 Å². The molecule has 0 aliphatic carbocycles. The number of hydrogen-bond donors (Lipinski definition) is 3. The van der Waals surface area contributed by atoms with E-state index in [1.807, 2.05) is 0 Å². The molecule has 0 aromatic rings. The van der Waals surface area contributed by atoms with Gasteiger partial charge in [0.05, 0.1) is 7.11 Å². The Labute approximate surface area is 196 Å². The third-order valence-electron chi connectivity index (χ3n) is 4.87. The molecule has 3 N–H and O–H groups in total. The maximum Gasteiger partial charge on any atom is 0.332 e. The second-order valence-corrected chi connectivity index (χ2v) is 10.4. The lowest BCUT2D eigenvalue weighted by Gasteiger charge is -2.34. The molecule has 33 heavy (non-hydrogen) atoms. The van der Waals surface area contributed by atoms with Crippen LogP contribution in [0.25, 0.3) is 0 Å². The lowest BCUT2D eigenvalue weighted by molar-refractivity contribution is -0.165. The normalized spacial score (nSPS) is 14.3. The maximum atomic E-state index is 12.6. The van der Waals surface area contributed by atoms with Crippen LogP contribution in [-0.2, 0) is 33.4 Å². The lowest BCUT2D eigenvalue weighted by atomic mass is 9.88. The highest BCUT2D eigenvalue weighted by Crippen LogP contribution is 2.22. The molecule has 0 heterocycles. The third-order valence-corrected chi connectivity index (χ3v) is 4.87. The van der Waals surface area contributed by atoms with Gasteiger partial charge in [0, 0.05) is 12.2 Å². The number of carbonyl (C=O) groups is 5. The molecule has 10 heteroatoms. The van der Waals surface area contributed by atoms with Crippen LogP contribution in [0.5, 0.6) is 0 Å². The Morgan fingerprint density at radius 2 is 1.15 bits per heavy atom. The fraction of sp³-hybridized carbons (Fsp3) is 0.696. The second kappa shape index (κ2) is 10.8. The SMILES string of the molecule is COC(=O)C(C)(C)NC(=O)C(C)(C)NC(=O)/C=C/C(=O)N[C@](C)(C(=O)OC(C)(C)C)C(C)C. The number of amides is 3. The van der Waals surface area contributed by atoms with E-state index in [0.717, 1.165) is 12.2 Å². The Morgan fingerprint density at radius 3 is 1.55 bits per heavy atom. The first-order valence-electron chi connectivity index (χ1n) is 10.6. The van der Waals surface area contributed by atoms with E-state index in [1.165, 1.54) is 34.8 Å². The number of esters is 2. The highest BCUT2D eigenvalue weighted by atomic mass is 16.6. The van der Waals surface area contributed by atoms with E-state index in [1.54, 1.807) is 41.5 Å². The van der Waals surface area contributed by atoms with Crippen LogP contribution in [0.3, 0.4) is 0 Å². The van der Waals surface area contributed by atoms with Gasteiger partial charge in [-0.2, -0.15) is 0 Å². The van der Waals surface area contributed by atoms with E-state index in [2.05, 4.69) is 20.7 Å². The molecular weight excluding hydrogens is 430 g/mol. The van der Waals surface area contributed by atoms with Crippen molar-refractivity contribution in [2.45, 2.75) is 91.5 Å².